The fourth-order valence-electron chi connectivity index (χ4n) is 1.29. The Bertz CT molecular complexity index is 271. The van der Waals surface area contributed by atoms with Crippen LogP contribution in [-0.4, -0.2) is 29.7 Å². The molecule has 69 valence electrons. The smallest absolute Gasteiger partial charge is 0.198 e. The van der Waals surface area contributed by atoms with E-state index in [1.54, 1.807) is 12.3 Å². The second-order valence-corrected chi connectivity index (χ2v) is 2.96. The van der Waals surface area contributed by atoms with E-state index in [2.05, 4.69) is 21.6 Å². The van der Waals surface area contributed by atoms with Crippen LogP contribution in [0, 0.1) is 6.33 Å². The van der Waals surface area contributed by atoms with Crippen LogP contribution in [0.15, 0.2) is 12.3 Å². The lowest BCUT2D eigenvalue weighted by Gasteiger charge is -2.33. The lowest BCUT2D eigenvalue weighted by Crippen LogP contribution is -2.54. The molecule has 1 atom stereocenters. The topological polar surface area (TPSA) is 73.1 Å². The number of hydrogen-bond acceptors (Lipinski definition) is 5. The predicted octanol–water partition coefficient (Wildman–Crippen LogP) is -0.992. The van der Waals surface area contributed by atoms with Gasteiger partial charge in [0.2, 0.25) is 0 Å². The third kappa shape index (κ3) is 1.67. The minimum absolute atomic E-state index is 0.567. The molecule has 5 heteroatoms. The number of rotatable bonds is 1. The van der Waals surface area contributed by atoms with Crippen molar-refractivity contribution in [3.63, 3.8) is 0 Å². The third-order valence-electron chi connectivity index (χ3n) is 1.99. The Hall–Kier alpha value is -1.04. The van der Waals surface area contributed by atoms with Crippen molar-refractivity contribution in [3.05, 3.63) is 24.3 Å². The average Bonchev–Trinajstić information content (AvgIpc) is 2.20. The fourth-order valence-corrected chi connectivity index (χ4v) is 1.29. The second-order valence-electron chi connectivity index (χ2n) is 2.96. The summed E-state index contributed by atoms with van der Waals surface area (Å²) in [6.07, 6.45) is 4.10. The summed E-state index contributed by atoms with van der Waals surface area (Å²) in [6.45, 7) is 1.99. The van der Waals surface area contributed by atoms with Gasteiger partial charge in [-0.3, -0.25) is 5.73 Å². The molecule has 1 saturated heterocycles. The first-order valence-electron chi connectivity index (χ1n) is 4.14. The van der Waals surface area contributed by atoms with E-state index >= 15 is 0 Å². The lowest BCUT2D eigenvalue weighted by atomic mass is 10.1. The molecule has 1 aliphatic rings. The van der Waals surface area contributed by atoms with Crippen LogP contribution in [0.1, 0.15) is 5.69 Å². The molecule has 13 heavy (non-hydrogen) atoms. The molecular weight excluding hydrogens is 168 g/mol. The zero-order valence-electron chi connectivity index (χ0n) is 7.16. The van der Waals surface area contributed by atoms with E-state index in [4.69, 9.17) is 10.5 Å². The monoisotopic (exact) mass is 179 g/mol. The zero-order chi connectivity index (χ0) is 9.15. The van der Waals surface area contributed by atoms with Crippen molar-refractivity contribution in [1.82, 2.24) is 15.3 Å². The quantitative estimate of drug-likeness (QED) is 0.579. The molecule has 5 nitrogen and oxygen atoms in total. The van der Waals surface area contributed by atoms with Gasteiger partial charge in [-0.05, 0) is 6.07 Å². The summed E-state index contributed by atoms with van der Waals surface area (Å²) in [4.78, 5) is 7.65. The second kappa shape index (κ2) is 3.37. The number of nitrogens with zero attached hydrogens (tertiary/aromatic N) is 2. The van der Waals surface area contributed by atoms with Crippen LogP contribution in [0.25, 0.3) is 0 Å². The van der Waals surface area contributed by atoms with Crippen LogP contribution >= 0.6 is 0 Å². The largest absolute Gasteiger partial charge is 0.352 e. The average molecular weight is 179 g/mol. The molecule has 1 fully saturated rings. The summed E-state index contributed by atoms with van der Waals surface area (Å²) in [5.74, 6) is 0. The Labute approximate surface area is 76.3 Å². The molecule has 0 spiro atoms. The highest BCUT2D eigenvalue weighted by molar-refractivity contribution is 5.09. The van der Waals surface area contributed by atoms with Crippen LogP contribution in [0.4, 0.5) is 0 Å². The van der Waals surface area contributed by atoms with Gasteiger partial charge in [0.1, 0.15) is 0 Å². The minimum Gasteiger partial charge on any atom is -0.352 e. The highest BCUT2D eigenvalue weighted by Crippen LogP contribution is 2.17. The normalized spacial score (nSPS) is 28.7. The van der Waals surface area contributed by atoms with Crippen LogP contribution in [0.2, 0.25) is 0 Å². The van der Waals surface area contributed by atoms with Crippen molar-refractivity contribution in [2.24, 2.45) is 5.73 Å². The first-order chi connectivity index (χ1) is 6.31. The SMILES string of the molecule is NC1(c2ccn[c]n2)CNCCO1. The Morgan fingerprint density at radius 3 is 3.23 bits per heavy atom. The highest BCUT2D eigenvalue weighted by atomic mass is 16.5. The number of morpholine rings is 1. The van der Waals surface area contributed by atoms with Crippen molar-refractivity contribution in [3.8, 4) is 0 Å². The molecule has 1 aromatic rings. The molecule has 0 saturated carbocycles. The van der Waals surface area contributed by atoms with E-state index in [0.29, 0.717) is 18.8 Å². The van der Waals surface area contributed by atoms with Gasteiger partial charge < -0.3 is 10.1 Å². The lowest BCUT2D eigenvalue weighted by molar-refractivity contribution is -0.0697. The summed E-state index contributed by atoms with van der Waals surface area (Å²) < 4.78 is 5.46. The summed E-state index contributed by atoms with van der Waals surface area (Å²) in [5, 5.41) is 3.15. The minimum atomic E-state index is -0.822. The standard InChI is InChI=1S/C8H11N4O/c9-8(5-10-3-4-13-8)7-1-2-11-6-12-7/h1-2,10H,3-5,9H2. The van der Waals surface area contributed by atoms with Gasteiger partial charge in [0.05, 0.1) is 12.3 Å². The Balaban J connectivity index is 2.23. The summed E-state index contributed by atoms with van der Waals surface area (Å²) in [7, 11) is 0. The van der Waals surface area contributed by atoms with Crippen LogP contribution in [0.3, 0.4) is 0 Å². The molecule has 1 aliphatic heterocycles. The van der Waals surface area contributed by atoms with Crippen molar-refractivity contribution in [2.75, 3.05) is 19.7 Å². The molecule has 2 heterocycles. The summed E-state index contributed by atoms with van der Waals surface area (Å²) >= 11 is 0. The summed E-state index contributed by atoms with van der Waals surface area (Å²) in [5.41, 5.74) is 5.83. The molecule has 0 amide bonds. The van der Waals surface area contributed by atoms with Crippen molar-refractivity contribution in [2.45, 2.75) is 5.72 Å². The molecular formula is C8H11N4O. The molecule has 1 radical (unpaired) electrons. The van der Waals surface area contributed by atoms with E-state index < -0.39 is 5.72 Å². The Morgan fingerprint density at radius 2 is 2.62 bits per heavy atom. The maximum atomic E-state index is 5.99. The Morgan fingerprint density at radius 1 is 1.69 bits per heavy atom. The molecule has 1 unspecified atom stereocenters. The molecule has 0 aliphatic carbocycles. The van der Waals surface area contributed by atoms with Crippen molar-refractivity contribution in [1.29, 1.82) is 0 Å². The fraction of sp³-hybridized carbons (Fsp3) is 0.500. The van der Waals surface area contributed by atoms with Gasteiger partial charge in [-0.1, -0.05) is 0 Å². The number of hydrogen-bond donors (Lipinski definition) is 2. The zero-order valence-corrected chi connectivity index (χ0v) is 7.16. The first-order valence-corrected chi connectivity index (χ1v) is 4.14. The Kier molecular flexibility index (Phi) is 2.22. The summed E-state index contributed by atoms with van der Waals surface area (Å²) in [6, 6.07) is 1.74. The number of ether oxygens (including phenoxy) is 1. The molecule has 0 bridgehead atoms. The van der Waals surface area contributed by atoms with Gasteiger partial charge in [-0.2, -0.15) is 0 Å². The molecule has 2 rings (SSSR count). The van der Waals surface area contributed by atoms with E-state index in [1.807, 2.05) is 0 Å². The van der Waals surface area contributed by atoms with Gasteiger partial charge in [0.25, 0.3) is 0 Å². The number of aromatic nitrogens is 2. The molecule has 1 aromatic heterocycles. The van der Waals surface area contributed by atoms with E-state index in [-0.39, 0.29) is 0 Å². The molecule has 3 N–H and O–H groups in total. The van der Waals surface area contributed by atoms with Gasteiger partial charge in [0, 0.05) is 19.3 Å². The van der Waals surface area contributed by atoms with E-state index in [0.717, 1.165) is 6.54 Å². The van der Waals surface area contributed by atoms with Crippen LogP contribution < -0.4 is 11.1 Å². The maximum absolute atomic E-state index is 5.99. The van der Waals surface area contributed by atoms with Crippen molar-refractivity contribution >= 4 is 0 Å². The van der Waals surface area contributed by atoms with Gasteiger partial charge in [-0.15, -0.1) is 0 Å². The van der Waals surface area contributed by atoms with E-state index in [9.17, 15) is 0 Å². The van der Waals surface area contributed by atoms with Crippen molar-refractivity contribution < 1.29 is 4.74 Å². The van der Waals surface area contributed by atoms with Gasteiger partial charge >= 0.3 is 0 Å². The van der Waals surface area contributed by atoms with E-state index in [1.165, 1.54) is 0 Å². The predicted molar refractivity (Wildman–Crippen MR) is 45.6 cm³/mol. The van der Waals surface area contributed by atoms with Gasteiger partial charge in [-0.25, -0.2) is 9.97 Å². The number of nitrogens with two attached hydrogens (primary N) is 1. The maximum Gasteiger partial charge on any atom is 0.198 e. The third-order valence-corrected chi connectivity index (χ3v) is 1.99. The van der Waals surface area contributed by atoms with Crippen LogP contribution in [0.5, 0.6) is 0 Å². The van der Waals surface area contributed by atoms with Gasteiger partial charge in [0.15, 0.2) is 12.1 Å². The first kappa shape index (κ1) is 8.55. The number of nitrogens with one attached hydrogen (secondary N) is 1. The molecule has 0 aromatic carbocycles. The highest BCUT2D eigenvalue weighted by Gasteiger charge is 2.31. The van der Waals surface area contributed by atoms with Crippen LogP contribution in [-0.2, 0) is 10.5 Å².